The van der Waals surface area contributed by atoms with Crippen LogP contribution in [0.4, 0.5) is 0 Å². The molecule has 0 saturated carbocycles. The Morgan fingerprint density at radius 2 is 1.79 bits per heavy atom. The van der Waals surface area contributed by atoms with Crippen LogP contribution in [0.2, 0.25) is 0 Å². The summed E-state index contributed by atoms with van der Waals surface area (Å²) in [5.41, 5.74) is 1.14. The monoisotopic (exact) mass is 181 g/mol. The Bertz CT molecular complexity index is 547. The molecule has 1 aromatic carbocycles. The predicted molar refractivity (Wildman–Crippen MR) is 54.9 cm³/mol. The molecule has 2 aromatic heterocycles. The summed E-state index contributed by atoms with van der Waals surface area (Å²) in [5.74, 6) is 0. The highest BCUT2D eigenvalue weighted by Crippen LogP contribution is 2.14. The highest BCUT2D eigenvalue weighted by Gasteiger charge is 2.06. The molecule has 0 fully saturated rings. The molecule has 3 rings (SSSR count). The van der Waals surface area contributed by atoms with Gasteiger partial charge in [0.15, 0.2) is 0 Å². The van der Waals surface area contributed by atoms with Crippen LogP contribution in [0.3, 0.4) is 0 Å². The van der Waals surface area contributed by atoms with E-state index in [4.69, 9.17) is 0 Å². The van der Waals surface area contributed by atoms with Gasteiger partial charge in [0, 0.05) is 17.5 Å². The molecule has 2 heterocycles. The van der Waals surface area contributed by atoms with Crippen molar-refractivity contribution in [3.63, 3.8) is 0 Å². The predicted octanol–water partition coefficient (Wildman–Crippen LogP) is 1.97. The molecule has 2 nitrogen and oxygen atoms in total. The number of fused-ring (bicyclic) bond motifs is 3. The van der Waals surface area contributed by atoms with Crippen LogP contribution >= 0.6 is 0 Å². The lowest BCUT2D eigenvalue weighted by molar-refractivity contribution is -0.579. The molecule has 0 bridgehead atoms. The molecular formula is C12H9N2+. The molecule has 0 spiro atoms. The van der Waals surface area contributed by atoms with Crippen molar-refractivity contribution in [2.24, 2.45) is 0 Å². The third-order valence-electron chi connectivity index (χ3n) is 2.40. The van der Waals surface area contributed by atoms with Crippen LogP contribution in [0.25, 0.3) is 16.3 Å². The number of nitrogens with zero attached hydrogens (tertiary/aromatic N) is 2. The van der Waals surface area contributed by atoms with Crippen LogP contribution in [0.1, 0.15) is 0 Å². The average Bonchev–Trinajstić information content (AvgIpc) is 2.29. The first-order valence-electron chi connectivity index (χ1n) is 4.59. The van der Waals surface area contributed by atoms with Gasteiger partial charge in [-0.05, 0) is 17.2 Å². The third kappa shape index (κ3) is 0.973. The second kappa shape index (κ2) is 2.77. The van der Waals surface area contributed by atoms with E-state index in [9.17, 15) is 0 Å². The SMILES string of the molecule is c1ccc2c(c1)cn[n+]1ccccc21. The van der Waals surface area contributed by atoms with Crippen molar-refractivity contribution in [3.8, 4) is 0 Å². The Balaban J connectivity index is 2.61. The van der Waals surface area contributed by atoms with Crippen LogP contribution in [0.15, 0.2) is 54.9 Å². The molecule has 0 aliphatic carbocycles. The van der Waals surface area contributed by atoms with E-state index in [2.05, 4.69) is 29.4 Å². The van der Waals surface area contributed by atoms with Crippen molar-refractivity contribution in [2.75, 3.05) is 0 Å². The van der Waals surface area contributed by atoms with Gasteiger partial charge in [0.05, 0.1) is 5.39 Å². The standard InChI is InChI=1S/C12H9N2/c1-2-6-11-10(5-1)9-13-14-8-4-3-7-12(11)14/h1-9H/q+1. The fourth-order valence-electron chi connectivity index (χ4n) is 1.72. The topological polar surface area (TPSA) is 17.0 Å². The van der Waals surface area contributed by atoms with E-state index in [1.807, 2.05) is 35.1 Å². The molecule has 0 amide bonds. The van der Waals surface area contributed by atoms with Gasteiger partial charge in [-0.3, -0.25) is 0 Å². The van der Waals surface area contributed by atoms with Gasteiger partial charge in [0.1, 0.15) is 6.20 Å². The first-order valence-corrected chi connectivity index (χ1v) is 4.59. The van der Waals surface area contributed by atoms with Crippen molar-refractivity contribution >= 4 is 16.3 Å². The summed E-state index contributed by atoms with van der Waals surface area (Å²) in [5, 5.41) is 6.74. The van der Waals surface area contributed by atoms with Gasteiger partial charge in [0.2, 0.25) is 11.7 Å². The second-order valence-corrected chi connectivity index (χ2v) is 3.26. The van der Waals surface area contributed by atoms with Crippen molar-refractivity contribution in [3.05, 3.63) is 54.9 Å². The number of hydrogen-bond donors (Lipinski definition) is 0. The molecule has 66 valence electrons. The summed E-state index contributed by atoms with van der Waals surface area (Å²) < 4.78 is 1.89. The zero-order valence-electron chi connectivity index (χ0n) is 7.59. The molecule has 0 N–H and O–H groups in total. The lowest BCUT2D eigenvalue weighted by Crippen LogP contribution is -2.25. The van der Waals surface area contributed by atoms with Crippen molar-refractivity contribution in [1.29, 1.82) is 0 Å². The summed E-state index contributed by atoms with van der Waals surface area (Å²) in [6.07, 6.45) is 3.85. The van der Waals surface area contributed by atoms with Crippen molar-refractivity contribution in [1.82, 2.24) is 5.10 Å². The molecule has 3 aromatic rings. The fraction of sp³-hybridized carbons (Fsp3) is 0. The Hall–Kier alpha value is -1.96. The first-order chi connectivity index (χ1) is 6.95. The maximum absolute atomic E-state index is 4.33. The molecule has 0 atom stereocenters. The summed E-state index contributed by atoms with van der Waals surface area (Å²) in [7, 11) is 0. The molecular weight excluding hydrogens is 172 g/mol. The molecule has 0 radical (unpaired) electrons. The molecule has 14 heavy (non-hydrogen) atoms. The van der Waals surface area contributed by atoms with Crippen LogP contribution in [0.5, 0.6) is 0 Å². The number of aromatic nitrogens is 2. The molecule has 0 unspecified atom stereocenters. The van der Waals surface area contributed by atoms with E-state index in [1.54, 1.807) is 0 Å². The Kier molecular flexibility index (Phi) is 1.47. The van der Waals surface area contributed by atoms with Crippen LogP contribution in [-0.4, -0.2) is 5.10 Å². The Labute approximate surface area is 81.4 Å². The average molecular weight is 181 g/mol. The molecule has 2 heteroatoms. The second-order valence-electron chi connectivity index (χ2n) is 3.26. The number of rotatable bonds is 0. The summed E-state index contributed by atoms with van der Waals surface area (Å²) in [6.45, 7) is 0. The van der Waals surface area contributed by atoms with E-state index in [0.29, 0.717) is 0 Å². The number of benzene rings is 1. The summed E-state index contributed by atoms with van der Waals surface area (Å²) in [4.78, 5) is 0. The van der Waals surface area contributed by atoms with Gasteiger partial charge < -0.3 is 0 Å². The van der Waals surface area contributed by atoms with Gasteiger partial charge in [0.25, 0.3) is 0 Å². The van der Waals surface area contributed by atoms with E-state index in [-0.39, 0.29) is 0 Å². The lowest BCUT2D eigenvalue weighted by Gasteiger charge is -1.94. The molecule has 0 saturated heterocycles. The highest BCUT2D eigenvalue weighted by atomic mass is 15.2. The first kappa shape index (κ1) is 7.44. The quantitative estimate of drug-likeness (QED) is 0.383. The highest BCUT2D eigenvalue weighted by molar-refractivity contribution is 5.92. The fourth-order valence-corrected chi connectivity index (χ4v) is 1.72. The third-order valence-corrected chi connectivity index (χ3v) is 2.40. The zero-order valence-corrected chi connectivity index (χ0v) is 7.59. The van der Waals surface area contributed by atoms with Gasteiger partial charge in [-0.15, -0.1) is 0 Å². The van der Waals surface area contributed by atoms with E-state index in [0.717, 1.165) is 5.52 Å². The maximum Gasteiger partial charge on any atom is 0.245 e. The molecule has 0 aliphatic rings. The van der Waals surface area contributed by atoms with Crippen molar-refractivity contribution in [2.45, 2.75) is 0 Å². The van der Waals surface area contributed by atoms with Crippen LogP contribution in [-0.2, 0) is 0 Å². The number of hydrogen-bond acceptors (Lipinski definition) is 1. The Morgan fingerprint density at radius 1 is 0.929 bits per heavy atom. The smallest absolute Gasteiger partial charge is 0.0616 e. The van der Waals surface area contributed by atoms with Crippen molar-refractivity contribution < 1.29 is 4.52 Å². The van der Waals surface area contributed by atoms with E-state index >= 15 is 0 Å². The zero-order chi connectivity index (χ0) is 9.38. The largest absolute Gasteiger partial charge is 0.245 e. The van der Waals surface area contributed by atoms with E-state index in [1.165, 1.54) is 10.8 Å². The maximum atomic E-state index is 4.33. The van der Waals surface area contributed by atoms with Crippen LogP contribution in [0, 0.1) is 0 Å². The van der Waals surface area contributed by atoms with Gasteiger partial charge >= 0.3 is 0 Å². The Morgan fingerprint density at radius 3 is 2.79 bits per heavy atom. The summed E-state index contributed by atoms with van der Waals surface area (Å²) >= 11 is 0. The van der Waals surface area contributed by atoms with Gasteiger partial charge in [-0.2, -0.15) is 0 Å². The van der Waals surface area contributed by atoms with Gasteiger partial charge in [-0.25, -0.2) is 0 Å². The molecule has 0 aliphatic heterocycles. The van der Waals surface area contributed by atoms with E-state index < -0.39 is 0 Å². The van der Waals surface area contributed by atoms with Crippen LogP contribution < -0.4 is 4.52 Å². The normalized spacial score (nSPS) is 10.9. The number of pyridine rings is 1. The minimum Gasteiger partial charge on any atom is -0.0616 e. The van der Waals surface area contributed by atoms with Gasteiger partial charge in [-0.1, -0.05) is 22.7 Å². The minimum atomic E-state index is 1.14. The summed E-state index contributed by atoms with van der Waals surface area (Å²) in [6, 6.07) is 14.4. The minimum absolute atomic E-state index is 1.14. The lowest BCUT2D eigenvalue weighted by atomic mass is 10.1.